The van der Waals surface area contributed by atoms with Crippen LogP contribution in [0.3, 0.4) is 0 Å². The Hall–Kier alpha value is -1.54. The number of rotatable bonds is 4. The van der Waals surface area contributed by atoms with E-state index in [4.69, 9.17) is 0 Å². The molecule has 1 aromatic carbocycles. The molecular formula is C18H25BN4OS2. The van der Waals surface area contributed by atoms with E-state index in [1.54, 1.807) is 5.30 Å². The molecule has 0 amide bonds. The Labute approximate surface area is 165 Å². The van der Waals surface area contributed by atoms with Crippen LogP contribution in [-0.2, 0) is 10.8 Å². The molecule has 2 N–H and O–H groups in total. The van der Waals surface area contributed by atoms with Crippen LogP contribution in [0, 0.1) is 0 Å². The van der Waals surface area contributed by atoms with Gasteiger partial charge in [0.15, 0.2) is 0 Å². The second-order valence-electron chi connectivity index (χ2n) is 8.07. The number of hydrogen-bond acceptors (Lipinski definition) is 7. The quantitative estimate of drug-likeness (QED) is 0.319. The van der Waals surface area contributed by atoms with Crippen molar-refractivity contribution in [3.8, 4) is 5.75 Å². The second kappa shape index (κ2) is 7.60. The zero-order valence-electron chi connectivity index (χ0n) is 16.1. The summed E-state index contributed by atoms with van der Waals surface area (Å²) in [4.78, 5) is 12.8. The molecule has 0 atom stereocenters. The summed E-state index contributed by atoms with van der Waals surface area (Å²) in [5.74, 6) is 0.740. The fraction of sp³-hybridized carbons (Fsp3) is 0.444. The van der Waals surface area contributed by atoms with Crippen molar-refractivity contribution in [3.05, 3.63) is 23.3 Å². The van der Waals surface area contributed by atoms with Gasteiger partial charge in [-0.1, -0.05) is 0 Å². The maximum atomic E-state index is 10.8. The third-order valence-corrected chi connectivity index (χ3v) is 4.53. The molecule has 0 aliphatic heterocycles. The number of aromatic nitrogens is 3. The molecule has 1 aromatic heterocycles. The second-order valence-corrected chi connectivity index (χ2v) is 9.41. The molecule has 0 saturated heterocycles. The maximum absolute atomic E-state index is 10.8. The van der Waals surface area contributed by atoms with Gasteiger partial charge in [-0.25, -0.2) is 0 Å². The molecule has 8 heteroatoms. The summed E-state index contributed by atoms with van der Waals surface area (Å²) in [7, 11) is 3.68. The normalized spacial score (nSPS) is 12.1. The predicted molar refractivity (Wildman–Crippen MR) is 115 cm³/mol. The Morgan fingerprint density at radius 2 is 1.58 bits per heavy atom. The third kappa shape index (κ3) is 5.01. The van der Waals surface area contributed by atoms with E-state index in [9.17, 15) is 5.11 Å². The number of anilines is 2. The van der Waals surface area contributed by atoms with E-state index < -0.39 is 0 Å². The summed E-state index contributed by atoms with van der Waals surface area (Å²) >= 11 is 5.55. The van der Waals surface area contributed by atoms with Crippen molar-refractivity contribution in [1.29, 1.82) is 0 Å². The van der Waals surface area contributed by atoms with Crippen LogP contribution in [0.1, 0.15) is 52.7 Å². The van der Waals surface area contributed by atoms with Gasteiger partial charge in [-0.05, 0) is 0 Å². The number of nitrogens with one attached hydrogen (secondary N) is 1. The molecule has 0 aliphatic carbocycles. The Bertz CT molecular complexity index is 794. The number of phenols is 1. The van der Waals surface area contributed by atoms with Crippen LogP contribution >= 0.6 is 24.4 Å². The number of hydrogen-bond donors (Lipinski definition) is 3. The first-order chi connectivity index (χ1) is 11.9. The first-order valence-electron chi connectivity index (χ1n) is 8.29. The standard InChI is InChI=1S/C18H25BN4OS2/c1-17(2,3)11-7-10(8-12(13(11)24)18(4,5)6)20-14-21-15(25)23-16(22-14)26-9-19/h7-9,19,24H,1-6H3,(H2,20,21,22,23,25). The number of thiol groups is 1. The number of nitrogens with zero attached hydrogens (tertiary/aromatic N) is 3. The van der Waals surface area contributed by atoms with E-state index >= 15 is 0 Å². The molecule has 2 aromatic rings. The summed E-state index contributed by atoms with van der Waals surface area (Å²) in [6, 6.07) is 3.87. The minimum atomic E-state index is -0.209. The van der Waals surface area contributed by atoms with Crippen LogP contribution in [0.15, 0.2) is 22.4 Å². The fourth-order valence-electron chi connectivity index (χ4n) is 2.51. The summed E-state index contributed by atoms with van der Waals surface area (Å²) < 4.78 is 0. The molecule has 0 radical (unpaired) electrons. The minimum absolute atomic E-state index is 0.209. The topological polar surface area (TPSA) is 70.9 Å². The fourth-order valence-corrected chi connectivity index (χ4v) is 3.19. The van der Waals surface area contributed by atoms with Crippen molar-refractivity contribution in [2.45, 2.75) is 62.7 Å². The zero-order chi connectivity index (χ0) is 19.7. The predicted octanol–water partition coefficient (Wildman–Crippen LogP) is 3.96. The van der Waals surface area contributed by atoms with Gasteiger partial charge in [0.05, 0.1) is 0 Å². The Morgan fingerprint density at radius 3 is 2.04 bits per heavy atom. The molecule has 138 valence electrons. The Morgan fingerprint density at radius 1 is 1.04 bits per heavy atom. The van der Waals surface area contributed by atoms with E-state index in [1.807, 2.05) is 12.1 Å². The first kappa shape index (κ1) is 20.8. The van der Waals surface area contributed by atoms with Gasteiger partial charge in [-0.2, -0.15) is 0 Å². The van der Waals surface area contributed by atoms with Crippen molar-refractivity contribution in [1.82, 2.24) is 15.0 Å². The van der Waals surface area contributed by atoms with E-state index in [0.717, 1.165) is 16.8 Å². The van der Waals surface area contributed by atoms with Gasteiger partial charge in [0.25, 0.3) is 0 Å². The molecule has 0 saturated carbocycles. The monoisotopic (exact) mass is 388 g/mol. The molecule has 0 fully saturated rings. The van der Waals surface area contributed by atoms with E-state index in [-0.39, 0.29) is 10.8 Å². The van der Waals surface area contributed by atoms with Gasteiger partial charge in [0.1, 0.15) is 0 Å². The van der Waals surface area contributed by atoms with Crippen molar-refractivity contribution in [2.24, 2.45) is 0 Å². The van der Waals surface area contributed by atoms with Gasteiger partial charge < -0.3 is 0 Å². The molecular weight excluding hydrogens is 363 g/mol. The Kier molecular flexibility index (Phi) is 6.07. The SMILES string of the molecule is B=CSc1nc(S)nc(Nc2cc(C(C)(C)C)c(O)c(C(C)(C)C)c2)n1. The van der Waals surface area contributed by atoms with E-state index in [1.165, 1.54) is 11.8 Å². The van der Waals surface area contributed by atoms with Gasteiger partial charge in [0.2, 0.25) is 0 Å². The van der Waals surface area contributed by atoms with Crippen LogP contribution in [0.4, 0.5) is 11.6 Å². The zero-order valence-corrected chi connectivity index (χ0v) is 17.8. The average Bonchev–Trinajstić information content (AvgIpc) is 2.46. The van der Waals surface area contributed by atoms with Crippen LogP contribution in [0.25, 0.3) is 0 Å². The summed E-state index contributed by atoms with van der Waals surface area (Å²) in [6.07, 6.45) is 0. The van der Waals surface area contributed by atoms with Gasteiger partial charge in [-0.3, -0.25) is 0 Å². The molecule has 26 heavy (non-hydrogen) atoms. The van der Waals surface area contributed by atoms with Crippen LogP contribution < -0.4 is 5.32 Å². The molecule has 0 unspecified atom stereocenters. The van der Waals surface area contributed by atoms with Crippen molar-refractivity contribution in [2.75, 3.05) is 5.32 Å². The number of benzene rings is 1. The van der Waals surface area contributed by atoms with E-state index in [2.05, 4.69) is 81.9 Å². The van der Waals surface area contributed by atoms with Crippen molar-refractivity contribution >= 4 is 48.8 Å². The molecule has 5 nitrogen and oxygen atoms in total. The molecule has 2 rings (SSSR count). The van der Waals surface area contributed by atoms with Gasteiger partial charge >= 0.3 is 166 Å². The average molecular weight is 388 g/mol. The first-order valence-corrected chi connectivity index (χ1v) is 9.62. The van der Waals surface area contributed by atoms with E-state index in [0.29, 0.717) is 22.0 Å². The van der Waals surface area contributed by atoms with Gasteiger partial charge in [0, 0.05) is 0 Å². The van der Waals surface area contributed by atoms with Crippen LogP contribution in [0.2, 0.25) is 0 Å². The molecule has 0 spiro atoms. The van der Waals surface area contributed by atoms with Crippen molar-refractivity contribution < 1.29 is 5.11 Å². The Balaban J connectivity index is 2.55. The number of thioether (sulfide) groups is 1. The third-order valence-electron chi connectivity index (χ3n) is 3.77. The molecule has 0 bridgehead atoms. The van der Waals surface area contributed by atoms with Crippen molar-refractivity contribution in [3.63, 3.8) is 0 Å². The summed E-state index contributed by atoms with van der Waals surface area (Å²) in [5.41, 5.74) is 2.13. The number of aromatic hydroxyl groups is 1. The van der Waals surface area contributed by atoms with Gasteiger partial charge in [-0.15, -0.1) is 0 Å². The molecule has 0 aliphatic rings. The summed E-state index contributed by atoms with van der Waals surface area (Å²) in [5, 5.41) is 16.5. The van der Waals surface area contributed by atoms with Crippen LogP contribution in [-0.4, -0.2) is 32.8 Å². The van der Waals surface area contributed by atoms with Crippen LogP contribution in [0.5, 0.6) is 5.75 Å². The number of phenolic OH excluding ortho intramolecular Hbond substituents is 1. The summed E-state index contributed by atoms with van der Waals surface area (Å²) in [6.45, 7) is 12.5. The molecule has 1 heterocycles.